The minimum absolute atomic E-state index is 0.210. The van der Waals surface area contributed by atoms with Crippen molar-refractivity contribution in [1.29, 1.82) is 0 Å². The molecule has 7 heteroatoms. The molecule has 32 heavy (non-hydrogen) atoms. The van der Waals surface area contributed by atoms with Gasteiger partial charge in [0.2, 0.25) is 5.95 Å². The second-order valence-electron chi connectivity index (χ2n) is 8.46. The van der Waals surface area contributed by atoms with Crippen LogP contribution in [0, 0.1) is 20.8 Å². The van der Waals surface area contributed by atoms with Crippen molar-refractivity contribution in [3.8, 4) is 0 Å². The van der Waals surface area contributed by atoms with Crippen LogP contribution in [0.1, 0.15) is 58.1 Å². The second kappa shape index (κ2) is 8.42. The molecule has 2 heterocycles. The van der Waals surface area contributed by atoms with Gasteiger partial charge >= 0.3 is 0 Å². The highest BCUT2D eigenvalue weighted by Crippen LogP contribution is 2.20. The minimum atomic E-state index is -0.227. The van der Waals surface area contributed by atoms with Crippen molar-refractivity contribution in [2.45, 2.75) is 47.1 Å². The molecule has 0 saturated carbocycles. The van der Waals surface area contributed by atoms with Crippen molar-refractivity contribution in [3.05, 3.63) is 92.4 Å². The molecule has 7 nitrogen and oxygen atoms in total. The van der Waals surface area contributed by atoms with Gasteiger partial charge in [0.25, 0.3) is 17.2 Å². The van der Waals surface area contributed by atoms with Crippen molar-refractivity contribution in [2.75, 3.05) is 4.90 Å². The number of H-pyrrole nitrogens is 1. The molecule has 1 N–H and O–H groups in total. The molecule has 2 aromatic heterocycles. The third-order valence-electron chi connectivity index (χ3n) is 5.74. The number of aromatic nitrogens is 4. The van der Waals surface area contributed by atoms with Gasteiger partial charge in [-0.15, -0.1) is 0 Å². The fourth-order valence-corrected chi connectivity index (χ4v) is 3.50. The van der Waals surface area contributed by atoms with Crippen LogP contribution < -0.4 is 10.5 Å². The van der Waals surface area contributed by atoms with E-state index in [2.05, 4.69) is 41.0 Å². The van der Waals surface area contributed by atoms with E-state index in [-0.39, 0.29) is 23.2 Å². The molecule has 0 bridgehead atoms. The number of nitrogens with zero attached hydrogens (tertiary/aromatic N) is 4. The highest BCUT2D eigenvalue weighted by atomic mass is 16.2. The Morgan fingerprint density at radius 2 is 1.66 bits per heavy atom. The molecular formula is C25H27N5O2. The molecule has 0 spiro atoms. The first-order chi connectivity index (χ1) is 15.2. The lowest BCUT2D eigenvalue weighted by Crippen LogP contribution is -2.31. The quantitative estimate of drug-likeness (QED) is 0.512. The number of carbonyl (C=O) groups is 1. The summed E-state index contributed by atoms with van der Waals surface area (Å²) < 4.78 is 1.29. The molecule has 0 aliphatic carbocycles. The highest BCUT2D eigenvalue weighted by molar-refractivity contribution is 6.05. The maximum Gasteiger partial charge on any atom is 0.277 e. The number of nitrogens with one attached hydrogen (secondary N) is 1. The third-order valence-corrected chi connectivity index (χ3v) is 5.74. The second-order valence-corrected chi connectivity index (χ2v) is 8.46. The number of aromatic amines is 1. The van der Waals surface area contributed by atoms with E-state index in [9.17, 15) is 9.59 Å². The van der Waals surface area contributed by atoms with Gasteiger partial charge < -0.3 is 0 Å². The fraction of sp³-hybridized carbons (Fsp3) is 0.280. The molecule has 0 fully saturated rings. The first-order valence-electron chi connectivity index (χ1n) is 10.7. The van der Waals surface area contributed by atoms with Crippen LogP contribution >= 0.6 is 0 Å². The molecule has 0 atom stereocenters. The standard InChI is InChI=1S/C25H27N5O2/c1-15(2)20-12-8-19(9-13-20)14-29(23(32)21-10-6-16(3)7-11-21)25-27-24-26-18(5)17(4)22(31)30(24)28-25/h6-13,15H,14H2,1-5H3,(H,26,27,28). The van der Waals surface area contributed by atoms with Gasteiger partial charge in [-0.05, 0) is 49.9 Å². The Morgan fingerprint density at radius 1 is 1.00 bits per heavy atom. The highest BCUT2D eigenvalue weighted by Gasteiger charge is 2.23. The lowest BCUT2D eigenvalue weighted by molar-refractivity contribution is 0.0983. The van der Waals surface area contributed by atoms with Crippen molar-refractivity contribution in [3.63, 3.8) is 0 Å². The van der Waals surface area contributed by atoms with Crippen molar-refractivity contribution < 1.29 is 4.79 Å². The van der Waals surface area contributed by atoms with Crippen LogP contribution in [0.5, 0.6) is 0 Å². The number of aryl methyl sites for hydroxylation is 2. The van der Waals surface area contributed by atoms with Crippen LogP contribution in [0.3, 0.4) is 0 Å². The van der Waals surface area contributed by atoms with Crippen LogP contribution in [-0.2, 0) is 6.54 Å². The SMILES string of the molecule is Cc1ccc(C(=O)N(Cc2ccc(C(C)C)cc2)c2nc3nc(C)c(C)c(=O)n3[nH]2)cc1. The van der Waals surface area contributed by atoms with Crippen LogP contribution in [-0.4, -0.2) is 25.5 Å². The summed E-state index contributed by atoms with van der Waals surface area (Å²) in [5.41, 5.74) is 4.74. The summed E-state index contributed by atoms with van der Waals surface area (Å²) in [6.45, 7) is 10.1. The summed E-state index contributed by atoms with van der Waals surface area (Å²) in [7, 11) is 0. The minimum Gasteiger partial charge on any atom is -0.272 e. The Labute approximate surface area is 186 Å². The first-order valence-corrected chi connectivity index (χ1v) is 10.7. The maximum absolute atomic E-state index is 13.5. The van der Waals surface area contributed by atoms with E-state index < -0.39 is 0 Å². The number of hydrogen-bond acceptors (Lipinski definition) is 4. The Morgan fingerprint density at radius 3 is 2.28 bits per heavy atom. The smallest absolute Gasteiger partial charge is 0.272 e. The zero-order valence-electron chi connectivity index (χ0n) is 19.0. The normalized spacial score (nSPS) is 11.3. The number of fused-ring (bicyclic) bond motifs is 1. The van der Waals surface area contributed by atoms with Crippen LogP contribution in [0.4, 0.5) is 5.95 Å². The van der Waals surface area contributed by atoms with E-state index in [1.165, 1.54) is 10.1 Å². The molecule has 1 amide bonds. The van der Waals surface area contributed by atoms with Gasteiger partial charge in [-0.1, -0.05) is 55.8 Å². The Bertz CT molecular complexity index is 1330. The average molecular weight is 430 g/mol. The number of rotatable bonds is 5. The van der Waals surface area contributed by atoms with Gasteiger partial charge in [-0.3, -0.25) is 19.6 Å². The number of carbonyl (C=O) groups excluding carboxylic acids is 1. The third kappa shape index (κ3) is 4.06. The summed E-state index contributed by atoms with van der Waals surface area (Å²) in [5.74, 6) is 0.732. The van der Waals surface area contributed by atoms with E-state index in [0.717, 1.165) is 11.1 Å². The average Bonchev–Trinajstić information content (AvgIpc) is 3.20. The van der Waals surface area contributed by atoms with Gasteiger partial charge in [0, 0.05) is 16.8 Å². The molecule has 0 aliphatic rings. The molecular weight excluding hydrogens is 402 g/mol. The lowest BCUT2D eigenvalue weighted by atomic mass is 10.0. The van der Waals surface area contributed by atoms with Crippen molar-refractivity contribution in [2.24, 2.45) is 0 Å². The number of amides is 1. The molecule has 0 radical (unpaired) electrons. The fourth-order valence-electron chi connectivity index (χ4n) is 3.50. The maximum atomic E-state index is 13.5. The zero-order chi connectivity index (χ0) is 23.0. The molecule has 0 aliphatic heterocycles. The van der Waals surface area contributed by atoms with E-state index in [0.29, 0.717) is 29.3 Å². The summed E-state index contributed by atoms with van der Waals surface area (Å²) in [6.07, 6.45) is 0. The lowest BCUT2D eigenvalue weighted by Gasteiger charge is -2.20. The summed E-state index contributed by atoms with van der Waals surface area (Å²) >= 11 is 0. The monoisotopic (exact) mass is 429 g/mol. The summed E-state index contributed by atoms with van der Waals surface area (Å²) in [5, 5.41) is 2.98. The van der Waals surface area contributed by atoms with Crippen molar-refractivity contribution in [1.82, 2.24) is 19.6 Å². The van der Waals surface area contributed by atoms with Crippen LogP contribution in [0.2, 0.25) is 0 Å². The Hall–Kier alpha value is -3.74. The molecule has 0 unspecified atom stereocenters. The van der Waals surface area contributed by atoms with Gasteiger partial charge in [0.15, 0.2) is 0 Å². The topological polar surface area (TPSA) is 83.4 Å². The largest absolute Gasteiger partial charge is 0.277 e. The van der Waals surface area contributed by atoms with Gasteiger partial charge in [0.05, 0.1) is 6.54 Å². The van der Waals surface area contributed by atoms with Crippen LogP contribution in [0.15, 0.2) is 53.3 Å². The molecule has 164 valence electrons. The van der Waals surface area contributed by atoms with Gasteiger partial charge in [-0.25, -0.2) is 4.98 Å². The van der Waals surface area contributed by atoms with E-state index in [4.69, 9.17) is 0 Å². The molecule has 0 saturated heterocycles. The molecule has 4 rings (SSSR count). The number of anilines is 1. The summed E-state index contributed by atoms with van der Waals surface area (Å²) in [6, 6.07) is 15.6. The predicted molar refractivity (Wildman–Crippen MR) is 125 cm³/mol. The van der Waals surface area contributed by atoms with E-state index in [1.54, 1.807) is 30.9 Å². The number of benzene rings is 2. The van der Waals surface area contributed by atoms with Gasteiger partial charge in [-0.2, -0.15) is 9.50 Å². The van der Waals surface area contributed by atoms with Crippen molar-refractivity contribution >= 4 is 17.6 Å². The molecule has 4 aromatic rings. The summed E-state index contributed by atoms with van der Waals surface area (Å²) in [4.78, 5) is 36.6. The Balaban J connectivity index is 1.79. The number of hydrogen-bond donors (Lipinski definition) is 1. The van der Waals surface area contributed by atoms with E-state index in [1.807, 2.05) is 31.2 Å². The predicted octanol–water partition coefficient (Wildman–Crippen LogP) is 4.31. The van der Waals surface area contributed by atoms with Gasteiger partial charge in [0.1, 0.15) is 0 Å². The Kier molecular flexibility index (Phi) is 5.65. The first kappa shape index (κ1) is 21.5. The molecule has 2 aromatic carbocycles. The zero-order valence-corrected chi connectivity index (χ0v) is 19.0. The van der Waals surface area contributed by atoms with Crippen LogP contribution in [0.25, 0.3) is 5.78 Å². The van der Waals surface area contributed by atoms with E-state index >= 15 is 0 Å².